The Labute approximate surface area is 128 Å². The number of likely N-dealkylation sites (tertiary alicyclic amines) is 1. The summed E-state index contributed by atoms with van der Waals surface area (Å²) < 4.78 is 3.86. The molecule has 0 atom stereocenters. The summed E-state index contributed by atoms with van der Waals surface area (Å²) in [5.41, 5.74) is 0.868. The monoisotopic (exact) mass is 311 g/mol. The van der Waals surface area contributed by atoms with Gasteiger partial charge in [0, 0.05) is 33.1 Å². The number of carbonyl (C=O) groups is 2. The van der Waals surface area contributed by atoms with Crippen molar-refractivity contribution in [1.29, 1.82) is 0 Å². The SMILES string of the molecule is Cc1nnsc1CN(C)C(=O)NCCCN1CCCC1=O. The molecule has 0 spiro atoms. The second-order valence-corrected chi connectivity index (χ2v) is 6.05. The number of aryl methyl sites for hydroxylation is 1. The summed E-state index contributed by atoms with van der Waals surface area (Å²) in [4.78, 5) is 27.9. The number of amides is 3. The third-order valence-electron chi connectivity index (χ3n) is 3.53. The molecule has 1 aliphatic rings. The van der Waals surface area contributed by atoms with Crippen LogP contribution >= 0.6 is 11.5 Å². The molecule has 7 nitrogen and oxygen atoms in total. The lowest BCUT2D eigenvalue weighted by Gasteiger charge is -2.18. The second-order valence-electron chi connectivity index (χ2n) is 5.21. The minimum Gasteiger partial charge on any atom is -0.343 e. The van der Waals surface area contributed by atoms with Crippen molar-refractivity contribution in [3.63, 3.8) is 0 Å². The maximum atomic E-state index is 11.9. The van der Waals surface area contributed by atoms with Crippen LogP contribution in [0.4, 0.5) is 4.79 Å². The predicted octanol–water partition coefficient (Wildman–Crippen LogP) is 1.00. The number of hydrogen-bond acceptors (Lipinski definition) is 5. The summed E-state index contributed by atoms with van der Waals surface area (Å²) in [5, 5.41) is 6.79. The van der Waals surface area contributed by atoms with E-state index in [0.29, 0.717) is 19.5 Å². The first-order chi connectivity index (χ1) is 10.1. The van der Waals surface area contributed by atoms with Crippen LogP contribution in [0.2, 0.25) is 0 Å². The zero-order valence-electron chi connectivity index (χ0n) is 12.5. The number of carbonyl (C=O) groups excluding carboxylic acids is 2. The van der Waals surface area contributed by atoms with Gasteiger partial charge in [-0.2, -0.15) is 0 Å². The number of nitrogens with zero attached hydrogens (tertiary/aromatic N) is 4. The van der Waals surface area contributed by atoms with Crippen LogP contribution in [-0.2, 0) is 11.3 Å². The van der Waals surface area contributed by atoms with Gasteiger partial charge in [-0.15, -0.1) is 5.10 Å². The molecule has 1 aromatic heterocycles. The summed E-state index contributed by atoms with van der Waals surface area (Å²) in [6.07, 6.45) is 2.40. The summed E-state index contributed by atoms with van der Waals surface area (Å²) >= 11 is 1.31. The maximum Gasteiger partial charge on any atom is 0.317 e. The third kappa shape index (κ3) is 4.38. The van der Waals surface area contributed by atoms with Crippen molar-refractivity contribution in [2.75, 3.05) is 26.7 Å². The van der Waals surface area contributed by atoms with Gasteiger partial charge in [0.1, 0.15) is 0 Å². The zero-order chi connectivity index (χ0) is 15.2. The van der Waals surface area contributed by atoms with Gasteiger partial charge in [0.15, 0.2) is 0 Å². The van der Waals surface area contributed by atoms with Gasteiger partial charge >= 0.3 is 6.03 Å². The Morgan fingerprint density at radius 1 is 1.52 bits per heavy atom. The van der Waals surface area contributed by atoms with Gasteiger partial charge in [0.05, 0.1) is 17.1 Å². The van der Waals surface area contributed by atoms with E-state index in [1.807, 2.05) is 11.8 Å². The lowest BCUT2D eigenvalue weighted by molar-refractivity contribution is -0.127. The molecule has 0 bridgehead atoms. The van der Waals surface area contributed by atoms with Crippen molar-refractivity contribution in [3.8, 4) is 0 Å². The fourth-order valence-electron chi connectivity index (χ4n) is 2.22. The molecule has 0 aliphatic carbocycles. The molecule has 0 unspecified atom stereocenters. The topological polar surface area (TPSA) is 78.4 Å². The lowest BCUT2D eigenvalue weighted by atomic mass is 10.3. The van der Waals surface area contributed by atoms with Crippen LogP contribution in [0.1, 0.15) is 29.8 Å². The maximum absolute atomic E-state index is 11.9. The minimum atomic E-state index is -0.115. The van der Waals surface area contributed by atoms with Crippen molar-refractivity contribution < 1.29 is 9.59 Å². The number of rotatable bonds is 6. The molecule has 1 fully saturated rings. The highest BCUT2D eigenvalue weighted by Gasteiger charge is 2.19. The molecule has 8 heteroatoms. The van der Waals surface area contributed by atoms with Gasteiger partial charge in [-0.3, -0.25) is 4.79 Å². The Balaban J connectivity index is 1.64. The first kappa shape index (κ1) is 15.7. The summed E-state index contributed by atoms with van der Waals surface area (Å²) in [6.45, 7) is 4.55. The molecular weight excluding hydrogens is 290 g/mol. The van der Waals surface area contributed by atoms with Gasteiger partial charge in [-0.05, 0) is 31.3 Å². The molecule has 116 valence electrons. The molecular formula is C13H21N5O2S. The number of nitrogens with one attached hydrogen (secondary N) is 1. The Morgan fingerprint density at radius 2 is 2.33 bits per heavy atom. The third-order valence-corrected chi connectivity index (χ3v) is 4.33. The molecule has 1 N–H and O–H groups in total. The molecule has 0 radical (unpaired) electrons. The Bertz CT molecular complexity index is 505. The van der Waals surface area contributed by atoms with Gasteiger partial charge in [-0.25, -0.2) is 4.79 Å². The first-order valence-corrected chi connectivity index (χ1v) is 7.90. The average Bonchev–Trinajstić information content (AvgIpc) is 3.04. The van der Waals surface area contributed by atoms with Crippen molar-refractivity contribution in [3.05, 3.63) is 10.6 Å². The van der Waals surface area contributed by atoms with E-state index in [0.717, 1.165) is 36.5 Å². The van der Waals surface area contributed by atoms with Crippen molar-refractivity contribution in [2.24, 2.45) is 0 Å². The predicted molar refractivity (Wildman–Crippen MR) is 79.9 cm³/mol. The van der Waals surface area contributed by atoms with Crippen molar-refractivity contribution in [1.82, 2.24) is 24.7 Å². The summed E-state index contributed by atoms with van der Waals surface area (Å²) in [7, 11) is 1.75. The molecule has 2 heterocycles. The van der Waals surface area contributed by atoms with Crippen LogP contribution < -0.4 is 5.32 Å². The Kier molecular flexibility index (Phi) is 5.49. The largest absolute Gasteiger partial charge is 0.343 e. The quantitative estimate of drug-likeness (QED) is 0.795. The summed E-state index contributed by atoms with van der Waals surface area (Å²) in [6, 6.07) is -0.115. The first-order valence-electron chi connectivity index (χ1n) is 7.12. The zero-order valence-corrected chi connectivity index (χ0v) is 13.3. The smallest absolute Gasteiger partial charge is 0.317 e. The fourth-order valence-corrected chi connectivity index (χ4v) is 2.91. The highest BCUT2D eigenvalue weighted by atomic mass is 32.1. The van der Waals surface area contributed by atoms with Crippen LogP contribution in [0.5, 0.6) is 0 Å². The number of hydrogen-bond donors (Lipinski definition) is 1. The van der Waals surface area contributed by atoms with Crippen LogP contribution in [-0.4, -0.2) is 58.0 Å². The minimum absolute atomic E-state index is 0.115. The molecule has 3 amide bonds. The second kappa shape index (κ2) is 7.35. The normalized spacial score (nSPS) is 14.6. The number of aromatic nitrogens is 2. The van der Waals surface area contributed by atoms with Gasteiger partial charge < -0.3 is 15.1 Å². The average molecular weight is 311 g/mol. The van der Waals surface area contributed by atoms with Gasteiger partial charge in [0.25, 0.3) is 0 Å². The molecule has 1 saturated heterocycles. The lowest BCUT2D eigenvalue weighted by Crippen LogP contribution is -2.38. The molecule has 2 rings (SSSR count). The fraction of sp³-hybridized carbons (Fsp3) is 0.692. The highest BCUT2D eigenvalue weighted by Crippen LogP contribution is 2.11. The van der Waals surface area contributed by atoms with Crippen molar-refractivity contribution >= 4 is 23.5 Å². The van der Waals surface area contributed by atoms with Crippen LogP contribution in [0.25, 0.3) is 0 Å². The molecule has 21 heavy (non-hydrogen) atoms. The van der Waals surface area contributed by atoms with Crippen LogP contribution in [0.15, 0.2) is 0 Å². The Morgan fingerprint density at radius 3 is 2.95 bits per heavy atom. The Hall–Kier alpha value is -1.70. The molecule has 1 aromatic rings. The molecule has 0 saturated carbocycles. The molecule has 0 aromatic carbocycles. The van der Waals surface area contributed by atoms with E-state index in [9.17, 15) is 9.59 Å². The van der Waals surface area contributed by atoms with E-state index in [1.54, 1.807) is 11.9 Å². The van der Waals surface area contributed by atoms with E-state index < -0.39 is 0 Å². The van der Waals surface area contributed by atoms with Crippen LogP contribution in [0, 0.1) is 6.92 Å². The van der Waals surface area contributed by atoms with E-state index >= 15 is 0 Å². The van der Waals surface area contributed by atoms with E-state index in [-0.39, 0.29) is 11.9 Å². The highest BCUT2D eigenvalue weighted by molar-refractivity contribution is 7.05. The standard InChI is InChI=1S/C13H21N5O2S/c1-10-11(21-16-15-10)9-17(2)13(20)14-6-4-8-18-7-3-5-12(18)19/h3-9H2,1-2H3,(H,14,20). The van der Waals surface area contributed by atoms with E-state index in [4.69, 9.17) is 0 Å². The summed E-state index contributed by atoms with van der Waals surface area (Å²) in [5.74, 6) is 0.228. The van der Waals surface area contributed by atoms with Gasteiger partial charge in [0.2, 0.25) is 5.91 Å². The molecule has 1 aliphatic heterocycles. The van der Waals surface area contributed by atoms with E-state index in [2.05, 4.69) is 14.9 Å². The number of urea groups is 1. The van der Waals surface area contributed by atoms with Gasteiger partial charge in [-0.1, -0.05) is 4.49 Å². The van der Waals surface area contributed by atoms with Crippen molar-refractivity contribution in [2.45, 2.75) is 32.7 Å². The van der Waals surface area contributed by atoms with Crippen LogP contribution in [0.3, 0.4) is 0 Å². The van der Waals surface area contributed by atoms with E-state index in [1.165, 1.54) is 11.5 Å².